The summed E-state index contributed by atoms with van der Waals surface area (Å²) in [7, 11) is 0. The molecule has 0 radical (unpaired) electrons. The van der Waals surface area contributed by atoms with E-state index in [1.54, 1.807) is 0 Å². The van der Waals surface area contributed by atoms with Crippen LogP contribution in [0.25, 0.3) is 0 Å². The Hall–Kier alpha value is -0.160. The van der Waals surface area contributed by atoms with E-state index in [0.29, 0.717) is 12.0 Å². The van der Waals surface area contributed by atoms with E-state index in [2.05, 4.69) is 23.6 Å². The minimum absolute atomic E-state index is 0.534. The van der Waals surface area contributed by atoms with E-state index in [1.807, 2.05) is 0 Å². The van der Waals surface area contributed by atoms with Gasteiger partial charge in [-0.15, -0.1) is 0 Å². The van der Waals surface area contributed by atoms with Gasteiger partial charge in [-0.1, -0.05) is 6.92 Å². The fourth-order valence-corrected chi connectivity index (χ4v) is 3.26. The molecule has 2 aliphatic rings. The van der Waals surface area contributed by atoms with Crippen LogP contribution in [0.1, 0.15) is 26.7 Å². The first-order valence-corrected chi connectivity index (χ1v) is 7.52. The molecule has 2 N–H and O–H groups in total. The topological polar surface area (TPSA) is 41.7 Å². The van der Waals surface area contributed by atoms with E-state index >= 15 is 0 Å². The number of ether oxygens (including phenoxy) is 1. The van der Waals surface area contributed by atoms with Gasteiger partial charge in [-0.25, -0.2) is 0 Å². The third-order valence-electron chi connectivity index (χ3n) is 4.78. The maximum absolute atomic E-state index is 5.99. The zero-order valence-electron chi connectivity index (χ0n) is 12.0. The number of piperazine rings is 1. The Kier molecular flexibility index (Phi) is 5.42. The average molecular weight is 255 g/mol. The Morgan fingerprint density at radius 1 is 1.22 bits per heavy atom. The predicted molar refractivity (Wildman–Crippen MR) is 74.7 cm³/mol. The summed E-state index contributed by atoms with van der Waals surface area (Å²) in [5, 5.41) is 0. The van der Waals surface area contributed by atoms with E-state index in [1.165, 1.54) is 39.0 Å². The minimum Gasteiger partial charge on any atom is -0.381 e. The molecular weight excluding hydrogens is 226 g/mol. The molecule has 2 aliphatic heterocycles. The molecule has 106 valence electrons. The van der Waals surface area contributed by atoms with Crippen LogP contribution in [-0.2, 0) is 4.74 Å². The highest BCUT2D eigenvalue weighted by atomic mass is 16.5. The van der Waals surface area contributed by atoms with Gasteiger partial charge in [-0.2, -0.15) is 0 Å². The second kappa shape index (κ2) is 6.85. The molecule has 0 aromatic rings. The Morgan fingerprint density at radius 3 is 2.39 bits per heavy atom. The summed E-state index contributed by atoms with van der Waals surface area (Å²) >= 11 is 0. The van der Waals surface area contributed by atoms with Crippen LogP contribution in [0.15, 0.2) is 0 Å². The summed E-state index contributed by atoms with van der Waals surface area (Å²) < 4.78 is 5.51. The smallest absolute Gasteiger partial charge is 0.0510 e. The number of nitrogens with zero attached hydrogens (tertiary/aromatic N) is 2. The summed E-state index contributed by atoms with van der Waals surface area (Å²) in [6.07, 6.45) is 2.43. The van der Waals surface area contributed by atoms with Crippen molar-refractivity contribution in [3.05, 3.63) is 0 Å². The van der Waals surface area contributed by atoms with Crippen LogP contribution >= 0.6 is 0 Å². The molecule has 0 saturated carbocycles. The molecule has 2 heterocycles. The molecule has 0 amide bonds. The molecule has 0 aliphatic carbocycles. The molecule has 0 aromatic heterocycles. The van der Waals surface area contributed by atoms with Crippen molar-refractivity contribution in [3.63, 3.8) is 0 Å². The van der Waals surface area contributed by atoms with Crippen molar-refractivity contribution in [1.82, 2.24) is 9.80 Å². The van der Waals surface area contributed by atoms with Crippen molar-refractivity contribution in [2.24, 2.45) is 11.7 Å². The van der Waals surface area contributed by atoms with Gasteiger partial charge in [0.1, 0.15) is 0 Å². The van der Waals surface area contributed by atoms with Crippen molar-refractivity contribution in [2.75, 3.05) is 45.9 Å². The van der Waals surface area contributed by atoms with E-state index < -0.39 is 0 Å². The van der Waals surface area contributed by atoms with Crippen LogP contribution < -0.4 is 5.73 Å². The lowest BCUT2D eigenvalue weighted by Crippen LogP contribution is -2.56. The summed E-state index contributed by atoms with van der Waals surface area (Å²) in [5.41, 5.74) is 5.99. The number of nitrogens with two attached hydrogens (primary N) is 1. The number of rotatable bonds is 5. The van der Waals surface area contributed by atoms with Crippen LogP contribution in [0.5, 0.6) is 0 Å². The van der Waals surface area contributed by atoms with Gasteiger partial charge in [0.15, 0.2) is 0 Å². The number of hydrogen-bond acceptors (Lipinski definition) is 4. The van der Waals surface area contributed by atoms with Gasteiger partial charge in [0.25, 0.3) is 0 Å². The molecule has 0 bridgehead atoms. The van der Waals surface area contributed by atoms with Crippen LogP contribution in [0.4, 0.5) is 0 Å². The SMILES string of the molecule is CCC(C)N1CCN(C(CN)C2CCOC2)CC1. The van der Waals surface area contributed by atoms with Gasteiger partial charge in [-0.05, 0) is 19.8 Å². The number of hydrogen-bond donors (Lipinski definition) is 1. The molecule has 4 nitrogen and oxygen atoms in total. The molecule has 2 fully saturated rings. The van der Waals surface area contributed by atoms with Gasteiger partial charge in [0.2, 0.25) is 0 Å². The lowest BCUT2D eigenvalue weighted by atomic mass is 9.96. The molecular formula is C14H29N3O. The largest absolute Gasteiger partial charge is 0.381 e. The van der Waals surface area contributed by atoms with Crippen LogP contribution in [0.3, 0.4) is 0 Å². The highest BCUT2D eigenvalue weighted by Crippen LogP contribution is 2.22. The predicted octanol–water partition coefficient (Wildman–Crippen LogP) is 0.766. The zero-order valence-corrected chi connectivity index (χ0v) is 12.0. The zero-order chi connectivity index (χ0) is 13.0. The Morgan fingerprint density at radius 2 is 1.89 bits per heavy atom. The highest BCUT2D eigenvalue weighted by Gasteiger charge is 2.31. The van der Waals surface area contributed by atoms with Crippen molar-refractivity contribution >= 4 is 0 Å². The van der Waals surface area contributed by atoms with Crippen molar-refractivity contribution in [1.29, 1.82) is 0 Å². The first-order valence-electron chi connectivity index (χ1n) is 7.52. The Balaban J connectivity index is 1.83. The molecule has 2 saturated heterocycles. The van der Waals surface area contributed by atoms with Crippen molar-refractivity contribution < 1.29 is 4.74 Å². The quantitative estimate of drug-likeness (QED) is 0.788. The normalized spacial score (nSPS) is 30.5. The maximum atomic E-state index is 5.99. The molecule has 2 rings (SSSR count). The third kappa shape index (κ3) is 3.23. The standard InChI is InChI=1S/C14H29N3O/c1-3-12(2)16-5-7-17(8-6-16)14(10-15)13-4-9-18-11-13/h12-14H,3-11,15H2,1-2H3. The lowest BCUT2D eigenvalue weighted by Gasteiger charge is -2.42. The Bertz CT molecular complexity index is 235. The maximum Gasteiger partial charge on any atom is 0.0510 e. The lowest BCUT2D eigenvalue weighted by molar-refractivity contribution is 0.0507. The van der Waals surface area contributed by atoms with Crippen LogP contribution in [-0.4, -0.2) is 67.8 Å². The van der Waals surface area contributed by atoms with Gasteiger partial charge in [0, 0.05) is 57.3 Å². The second-order valence-electron chi connectivity index (χ2n) is 5.76. The molecule has 0 aromatic carbocycles. The average Bonchev–Trinajstić information content (AvgIpc) is 2.93. The van der Waals surface area contributed by atoms with Gasteiger partial charge in [-0.3, -0.25) is 9.80 Å². The molecule has 3 atom stereocenters. The second-order valence-corrected chi connectivity index (χ2v) is 5.76. The van der Waals surface area contributed by atoms with E-state index in [0.717, 1.165) is 25.8 Å². The van der Waals surface area contributed by atoms with E-state index in [9.17, 15) is 0 Å². The summed E-state index contributed by atoms with van der Waals surface area (Å²) in [5.74, 6) is 0.658. The van der Waals surface area contributed by atoms with E-state index in [4.69, 9.17) is 10.5 Å². The van der Waals surface area contributed by atoms with Gasteiger partial charge >= 0.3 is 0 Å². The van der Waals surface area contributed by atoms with E-state index in [-0.39, 0.29) is 0 Å². The Labute approximate surface area is 111 Å². The van der Waals surface area contributed by atoms with Gasteiger partial charge in [0.05, 0.1) is 6.61 Å². The van der Waals surface area contributed by atoms with Crippen LogP contribution in [0.2, 0.25) is 0 Å². The molecule has 0 spiro atoms. The summed E-state index contributed by atoms with van der Waals surface area (Å²) in [6, 6.07) is 1.25. The molecule has 3 unspecified atom stereocenters. The molecule has 18 heavy (non-hydrogen) atoms. The summed E-state index contributed by atoms with van der Waals surface area (Å²) in [6.45, 7) is 11.9. The monoisotopic (exact) mass is 255 g/mol. The fourth-order valence-electron chi connectivity index (χ4n) is 3.26. The minimum atomic E-state index is 0.534. The highest BCUT2D eigenvalue weighted by molar-refractivity contribution is 4.86. The first-order chi connectivity index (χ1) is 8.76. The fraction of sp³-hybridized carbons (Fsp3) is 1.00. The third-order valence-corrected chi connectivity index (χ3v) is 4.78. The van der Waals surface area contributed by atoms with Gasteiger partial charge < -0.3 is 10.5 Å². The molecule has 4 heteroatoms. The van der Waals surface area contributed by atoms with Crippen molar-refractivity contribution in [3.8, 4) is 0 Å². The first kappa shape index (κ1) is 14.3. The van der Waals surface area contributed by atoms with Crippen molar-refractivity contribution in [2.45, 2.75) is 38.8 Å². The van der Waals surface area contributed by atoms with Crippen LogP contribution in [0, 0.1) is 5.92 Å². The summed E-state index contributed by atoms with van der Waals surface area (Å²) in [4.78, 5) is 5.20.